The molecule has 0 aliphatic rings. The molecule has 0 atom stereocenters. The van der Waals surface area contributed by atoms with E-state index in [1.54, 1.807) is 18.2 Å². The Bertz CT molecular complexity index is 263. The van der Waals surface area contributed by atoms with E-state index in [0.717, 1.165) is 0 Å². The Labute approximate surface area is 98.9 Å². The van der Waals surface area contributed by atoms with Crippen molar-refractivity contribution in [2.45, 2.75) is 0 Å². The van der Waals surface area contributed by atoms with Gasteiger partial charge in [-0.15, -0.1) is 0 Å². The molecule has 80 valence electrons. The summed E-state index contributed by atoms with van der Waals surface area (Å²) in [5, 5.41) is 1.05. The number of quaternary nitrogens is 1. The van der Waals surface area contributed by atoms with Crippen molar-refractivity contribution in [3.63, 3.8) is 0 Å². The summed E-state index contributed by atoms with van der Waals surface area (Å²) in [6.45, 7) is 1.15. The van der Waals surface area contributed by atoms with Crippen LogP contribution in [0.4, 0.5) is 0 Å². The van der Waals surface area contributed by atoms with Gasteiger partial charge in [-0.25, -0.2) is 0 Å². The van der Waals surface area contributed by atoms with Crippen molar-refractivity contribution in [3.05, 3.63) is 28.2 Å². The lowest BCUT2D eigenvalue weighted by Crippen LogP contribution is -3.00. The van der Waals surface area contributed by atoms with E-state index in [4.69, 9.17) is 27.9 Å². The molecular weight excluding hydrogens is 246 g/mol. The Kier molecular flexibility index (Phi) is 7.05. The molecule has 3 nitrogen and oxygen atoms in total. The van der Waals surface area contributed by atoms with Gasteiger partial charge in [0.05, 0.1) is 16.6 Å². The van der Waals surface area contributed by atoms with Gasteiger partial charge < -0.3 is 17.1 Å². The number of halogens is 3. The first-order valence-corrected chi connectivity index (χ1v) is 4.58. The Morgan fingerprint density at radius 3 is 2.36 bits per heavy atom. The molecule has 0 aliphatic heterocycles. The van der Waals surface area contributed by atoms with Crippen LogP contribution in [0.15, 0.2) is 18.2 Å². The van der Waals surface area contributed by atoms with E-state index in [-0.39, 0.29) is 12.4 Å². The van der Waals surface area contributed by atoms with Crippen LogP contribution >= 0.6 is 23.2 Å². The second-order valence-electron chi connectivity index (χ2n) is 2.40. The largest absolute Gasteiger partial charge is 1.00 e. The Balaban J connectivity index is 0.00000169. The van der Waals surface area contributed by atoms with Gasteiger partial charge in [0.2, 0.25) is 0 Å². The highest BCUT2D eigenvalue weighted by Crippen LogP contribution is 2.31. The van der Waals surface area contributed by atoms with Gasteiger partial charge in [0.25, 0.3) is 0 Å². The van der Waals surface area contributed by atoms with Gasteiger partial charge in [0.1, 0.15) is 6.61 Å². The molecule has 0 fully saturated rings. The fraction of sp³-hybridized carbons (Fsp3) is 0.250. The van der Waals surface area contributed by atoms with Crippen LogP contribution in [-0.4, -0.2) is 13.2 Å². The van der Waals surface area contributed by atoms with Crippen LogP contribution in [0.5, 0.6) is 5.75 Å². The zero-order valence-electron chi connectivity index (χ0n) is 7.40. The average Bonchev–Trinajstić information content (AvgIpc) is 2.10. The predicted molar refractivity (Wildman–Crippen MR) is 52.8 cm³/mol. The van der Waals surface area contributed by atoms with Gasteiger partial charge in [0.15, 0.2) is 5.75 Å². The smallest absolute Gasteiger partial charge is 0.156 e. The van der Waals surface area contributed by atoms with E-state index in [1.807, 2.05) is 0 Å². The Morgan fingerprint density at radius 1 is 1.29 bits per heavy atom. The predicted octanol–water partition coefficient (Wildman–Crippen LogP) is -1.88. The fourth-order valence-corrected chi connectivity index (χ4v) is 1.35. The van der Waals surface area contributed by atoms with Crippen molar-refractivity contribution in [2.75, 3.05) is 13.2 Å². The Morgan fingerprint density at radius 2 is 1.86 bits per heavy atom. The quantitative estimate of drug-likeness (QED) is 0.490. The molecule has 14 heavy (non-hydrogen) atoms. The minimum absolute atomic E-state index is 0. The zero-order chi connectivity index (χ0) is 9.68. The van der Waals surface area contributed by atoms with Crippen molar-refractivity contribution in [2.24, 2.45) is 0 Å². The fourth-order valence-electron chi connectivity index (χ4n) is 0.846. The highest BCUT2D eigenvalue weighted by molar-refractivity contribution is 6.37. The molecule has 4 N–H and O–H groups in total. The molecule has 0 radical (unpaired) electrons. The van der Waals surface area contributed by atoms with Gasteiger partial charge >= 0.3 is 0 Å². The van der Waals surface area contributed by atoms with Gasteiger partial charge in [-0.1, -0.05) is 29.3 Å². The average molecular weight is 258 g/mol. The van der Waals surface area contributed by atoms with Gasteiger partial charge in [-0.3, -0.25) is 5.84 Å². The van der Waals surface area contributed by atoms with Crippen LogP contribution in [0, 0.1) is 0 Å². The second-order valence-corrected chi connectivity index (χ2v) is 3.21. The normalized spacial score (nSPS) is 9.36. The molecule has 0 unspecified atom stereocenters. The number of benzene rings is 1. The molecule has 0 bridgehead atoms. The Hall–Kier alpha value is -0.190. The summed E-state index contributed by atoms with van der Waals surface area (Å²) < 4.78 is 5.34. The van der Waals surface area contributed by atoms with Gasteiger partial charge in [0, 0.05) is 0 Å². The molecule has 0 saturated carbocycles. The first-order valence-electron chi connectivity index (χ1n) is 3.82. The van der Waals surface area contributed by atoms with Crippen molar-refractivity contribution >= 4 is 23.2 Å². The summed E-state index contributed by atoms with van der Waals surface area (Å²) >= 11 is 11.7. The van der Waals surface area contributed by atoms with Crippen molar-refractivity contribution in [1.29, 1.82) is 0 Å². The zero-order valence-corrected chi connectivity index (χ0v) is 9.66. The van der Waals surface area contributed by atoms with E-state index in [1.165, 1.54) is 0 Å². The topological polar surface area (TPSA) is 48.9 Å². The first-order chi connectivity index (χ1) is 6.25. The minimum Gasteiger partial charge on any atom is -1.00 e. The van der Waals surface area contributed by atoms with Crippen LogP contribution in [-0.2, 0) is 0 Å². The van der Waals surface area contributed by atoms with Crippen LogP contribution in [0.25, 0.3) is 0 Å². The lowest BCUT2D eigenvalue weighted by atomic mass is 10.3. The second kappa shape index (κ2) is 7.15. The van der Waals surface area contributed by atoms with E-state index < -0.39 is 0 Å². The molecular formula is C8H11Cl3N2O. The third-order valence-corrected chi connectivity index (χ3v) is 2.04. The van der Waals surface area contributed by atoms with Gasteiger partial charge in [-0.2, -0.15) is 5.43 Å². The van der Waals surface area contributed by atoms with Crippen LogP contribution in [0.3, 0.4) is 0 Å². The van der Waals surface area contributed by atoms with Gasteiger partial charge in [-0.05, 0) is 12.1 Å². The molecule has 0 spiro atoms. The lowest BCUT2D eigenvalue weighted by Gasteiger charge is -2.08. The van der Waals surface area contributed by atoms with E-state index >= 15 is 0 Å². The summed E-state index contributed by atoms with van der Waals surface area (Å²) in [7, 11) is 0. The summed E-state index contributed by atoms with van der Waals surface area (Å²) in [5.74, 6) is 3.99. The number of ether oxygens (including phenoxy) is 1. The van der Waals surface area contributed by atoms with Crippen molar-refractivity contribution < 1.29 is 23.0 Å². The van der Waals surface area contributed by atoms with E-state index in [0.29, 0.717) is 28.9 Å². The molecule has 6 heteroatoms. The molecule has 1 rings (SSSR count). The minimum atomic E-state index is 0. The summed E-state index contributed by atoms with van der Waals surface area (Å²) in [6, 6.07) is 5.25. The van der Waals surface area contributed by atoms with Crippen LogP contribution in [0.1, 0.15) is 0 Å². The summed E-state index contributed by atoms with van der Waals surface area (Å²) in [6.07, 6.45) is 0. The molecule has 0 heterocycles. The molecule has 0 saturated heterocycles. The third-order valence-electron chi connectivity index (χ3n) is 1.44. The summed E-state index contributed by atoms with van der Waals surface area (Å²) in [5.41, 5.74) is 2.72. The highest BCUT2D eigenvalue weighted by Gasteiger charge is 2.05. The van der Waals surface area contributed by atoms with Crippen LogP contribution in [0.2, 0.25) is 10.0 Å². The molecule has 1 aromatic rings. The standard InChI is InChI=1S/C8H10Cl2N2O.ClH/c9-6-2-1-3-7(10)8(6)13-5-4-12-11;/h1-3,12H,4-5,11H2;1H. The molecule has 1 aromatic carbocycles. The third kappa shape index (κ3) is 3.90. The SMILES string of the molecule is [Cl-].[NH3+]NCCOc1c(Cl)cccc1Cl. The highest BCUT2D eigenvalue weighted by atomic mass is 35.5. The first kappa shape index (κ1) is 13.8. The molecule has 0 aliphatic carbocycles. The number of para-hydroxylation sites is 1. The maximum Gasteiger partial charge on any atom is 0.156 e. The van der Waals surface area contributed by atoms with E-state index in [9.17, 15) is 0 Å². The maximum absolute atomic E-state index is 5.86. The van der Waals surface area contributed by atoms with Crippen molar-refractivity contribution in [3.8, 4) is 5.75 Å². The monoisotopic (exact) mass is 256 g/mol. The van der Waals surface area contributed by atoms with Crippen LogP contribution < -0.4 is 28.4 Å². The maximum atomic E-state index is 5.86. The molecule has 0 aromatic heterocycles. The summed E-state index contributed by atoms with van der Waals surface area (Å²) in [4.78, 5) is 0. The van der Waals surface area contributed by atoms with Crippen molar-refractivity contribution in [1.82, 2.24) is 5.43 Å². The van der Waals surface area contributed by atoms with E-state index in [2.05, 4.69) is 11.3 Å². The molecule has 0 amide bonds. The number of nitrogens with one attached hydrogen (secondary N) is 1. The number of hydrogen-bond acceptors (Lipinski definition) is 2. The lowest BCUT2D eigenvalue weighted by molar-refractivity contribution is -0.443. The number of rotatable bonds is 4. The number of hydrogen-bond donors (Lipinski definition) is 2.